The molecule has 2 aromatic heterocycles. The Balaban J connectivity index is 0.00000387. The van der Waals surface area contributed by atoms with E-state index in [2.05, 4.69) is 16.4 Å². The molecule has 218 valence electrons. The third-order valence-electron chi connectivity index (χ3n) is 7.53. The van der Waals surface area contributed by atoms with Crippen LogP contribution in [0.3, 0.4) is 0 Å². The molecule has 1 aliphatic rings. The molecular formula is C33H41N3O5. The second-order valence-corrected chi connectivity index (χ2v) is 10.5. The lowest BCUT2D eigenvalue weighted by Gasteiger charge is -2.16. The van der Waals surface area contributed by atoms with Crippen molar-refractivity contribution < 1.29 is 19.0 Å². The van der Waals surface area contributed by atoms with Crippen molar-refractivity contribution in [2.24, 2.45) is 5.92 Å². The summed E-state index contributed by atoms with van der Waals surface area (Å²) in [7, 11) is 3.21. The van der Waals surface area contributed by atoms with Gasteiger partial charge in [0.25, 0.3) is 5.56 Å². The molecule has 2 aromatic carbocycles. The van der Waals surface area contributed by atoms with E-state index in [1.807, 2.05) is 37.3 Å². The fourth-order valence-corrected chi connectivity index (χ4v) is 5.14. The Labute approximate surface area is 241 Å². The maximum Gasteiger partial charge on any atom is 0.252 e. The van der Waals surface area contributed by atoms with Gasteiger partial charge in [-0.15, -0.1) is 0 Å². The summed E-state index contributed by atoms with van der Waals surface area (Å²) in [6.45, 7) is 4.84. The fourth-order valence-electron chi connectivity index (χ4n) is 5.14. The molecule has 41 heavy (non-hydrogen) atoms. The number of ether oxygens (including phenoxy) is 3. The number of nitrogens with zero attached hydrogens (tertiary/aromatic N) is 1. The van der Waals surface area contributed by atoms with Crippen LogP contribution in [0.2, 0.25) is 0 Å². The van der Waals surface area contributed by atoms with Crippen molar-refractivity contribution in [3.05, 3.63) is 69.3 Å². The molecule has 0 aliphatic heterocycles. The number of aromatic amines is 1. The number of pyridine rings is 2. The van der Waals surface area contributed by atoms with Crippen LogP contribution in [-0.2, 0) is 24.1 Å². The Bertz CT molecular complexity index is 1610. The highest BCUT2D eigenvalue weighted by atomic mass is 16.5. The minimum absolute atomic E-state index is 0. The third kappa shape index (κ3) is 6.81. The number of H-pyrrole nitrogens is 1. The quantitative estimate of drug-likeness (QED) is 0.215. The standard InChI is InChI=1S/C32H37N3O5.CH4/c1-5-27-25-17-31(39-4)30(38-3)16-24(25)26(32(37)35-27)15-22-13-21-14-23(40-18-20-8-9-20)10-11-29(21)34-28(22)7-6-12-33-19(2)36;/h10-11,13-14,16-17,20H,5-9,12,15,18H2,1-4H3,(H,33,36)(H,35,37);1H4. The molecule has 0 bridgehead atoms. The molecule has 0 spiro atoms. The van der Waals surface area contributed by atoms with E-state index in [0.717, 1.165) is 57.4 Å². The molecule has 1 amide bonds. The first-order valence-electron chi connectivity index (χ1n) is 14.0. The Morgan fingerprint density at radius 1 is 1.07 bits per heavy atom. The van der Waals surface area contributed by atoms with Gasteiger partial charge in [-0.1, -0.05) is 14.4 Å². The van der Waals surface area contributed by atoms with E-state index in [0.29, 0.717) is 48.8 Å². The van der Waals surface area contributed by atoms with Crippen LogP contribution in [0, 0.1) is 5.92 Å². The number of nitrogens with one attached hydrogen (secondary N) is 2. The lowest BCUT2D eigenvalue weighted by atomic mass is 9.95. The first-order chi connectivity index (χ1) is 19.4. The van der Waals surface area contributed by atoms with Gasteiger partial charge in [0.1, 0.15) is 5.75 Å². The van der Waals surface area contributed by atoms with Crippen LogP contribution in [0.25, 0.3) is 21.7 Å². The van der Waals surface area contributed by atoms with Crippen molar-refractivity contribution in [3.8, 4) is 17.2 Å². The normalized spacial score (nSPS) is 12.7. The van der Waals surface area contributed by atoms with Crippen molar-refractivity contribution in [2.75, 3.05) is 27.4 Å². The van der Waals surface area contributed by atoms with Crippen molar-refractivity contribution in [1.82, 2.24) is 15.3 Å². The summed E-state index contributed by atoms with van der Waals surface area (Å²) in [6.07, 6.45) is 4.96. The van der Waals surface area contributed by atoms with Gasteiger partial charge in [0.05, 0.1) is 26.3 Å². The average molecular weight is 560 g/mol. The number of methoxy groups -OCH3 is 2. The van der Waals surface area contributed by atoms with E-state index in [4.69, 9.17) is 19.2 Å². The van der Waals surface area contributed by atoms with Gasteiger partial charge >= 0.3 is 0 Å². The van der Waals surface area contributed by atoms with Gasteiger partial charge < -0.3 is 24.5 Å². The van der Waals surface area contributed by atoms with Crippen molar-refractivity contribution >= 4 is 27.6 Å². The second kappa shape index (κ2) is 13.1. The van der Waals surface area contributed by atoms with E-state index in [1.165, 1.54) is 19.8 Å². The highest BCUT2D eigenvalue weighted by molar-refractivity contribution is 5.91. The van der Waals surface area contributed by atoms with Crippen LogP contribution in [0.5, 0.6) is 17.2 Å². The average Bonchev–Trinajstić information content (AvgIpc) is 3.79. The van der Waals surface area contributed by atoms with Gasteiger partial charge in [-0.3, -0.25) is 14.6 Å². The van der Waals surface area contributed by atoms with Crippen LogP contribution >= 0.6 is 0 Å². The number of aryl methyl sites for hydroxylation is 2. The smallest absolute Gasteiger partial charge is 0.252 e. The lowest BCUT2D eigenvalue weighted by molar-refractivity contribution is -0.118. The predicted molar refractivity (Wildman–Crippen MR) is 164 cm³/mol. The Morgan fingerprint density at radius 3 is 2.46 bits per heavy atom. The molecule has 2 N–H and O–H groups in total. The SMILES string of the molecule is C.CCc1[nH]c(=O)c(Cc2cc3cc(OCC4CC4)ccc3nc2CCCNC(C)=O)c2cc(OC)c(OC)cc12. The fraction of sp³-hybridized carbons (Fsp3) is 0.424. The molecule has 0 atom stereocenters. The molecule has 5 rings (SSSR count). The van der Waals surface area contributed by atoms with Gasteiger partial charge in [-0.2, -0.15) is 0 Å². The molecule has 8 heteroatoms. The Morgan fingerprint density at radius 2 is 1.80 bits per heavy atom. The minimum atomic E-state index is -0.123. The Kier molecular flexibility index (Phi) is 9.53. The van der Waals surface area contributed by atoms with E-state index >= 15 is 0 Å². The second-order valence-electron chi connectivity index (χ2n) is 10.5. The zero-order valence-electron chi connectivity index (χ0n) is 23.7. The number of rotatable bonds is 12. The molecule has 0 unspecified atom stereocenters. The predicted octanol–water partition coefficient (Wildman–Crippen LogP) is 5.74. The zero-order valence-corrected chi connectivity index (χ0v) is 23.7. The summed E-state index contributed by atoms with van der Waals surface area (Å²) in [4.78, 5) is 33.0. The Hall–Kier alpha value is -4.07. The van der Waals surface area contributed by atoms with Crippen molar-refractivity contribution in [2.45, 2.75) is 59.8 Å². The molecular weight excluding hydrogens is 518 g/mol. The number of hydrogen-bond donors (Lipinski definition) is 2. The van der Waals surface area contributed by atoms with Crippen LogP contribution in [0.4, 0.5) is 0 Å². The summed E-state index contributed by atoms with van der Waals surface area (Å²) in [6, 6.07) is 12.0. The van der Waals surface area contributed by atoms with E-state index in [9.17, 15) is 9.59 Å². The van der Waals surface area contributed by atoms with Crippen LogP contribution in [0.15, 0.2) is 41.2 Å². The lowest BCUT2D eigenvalue weighted by Crippen LogP contribution is -2.21. The monoisotopic (exact) mass is 559 g/mol. The van der Waals surface area contributed by atoms with E-state index < -0.39 is 0 Å². The highest BCUT2D eigenvalue weighted by Gasteiger charge is 2.22. The van der Waals surface area contributed by atoms with Crippen LogP contribution < -0.4 is 25.1 Å². The number of hydrogen-bond acceptors (Lipinski definition) is 6. The molecule has 1 fully saturated rings. The van der Waals surface area contributed by atoms with Gasteiger partial charge in [0, 0.05) is 47.6 Å². The number of fused-ring (bicyclic) bond motifs is 2. The molecule has 8 nitrogen and oxygen atoms in total. The van der Waals surface area contributed by atoms with Crippen molar-refractivity contribution in [3.63, 3.8) is 0 Å². The topological polar surface area (TPSA) is 103 Å². The van der Waals surface area contributed by atoms with Crippen molar-refractivity contribution in [1.29, 1.82) is 0 Å². The molecule has 1 saturated carbocycles. The first kappa shape index (κ1) is 29.9. The molecule has 2 heterocycles. The maximum absolute atomic E-state index is 13.5. The largest absolute Gasteiger partial charge is 0.493 e. The highest BCUT2D eigenvalue weighted by Crippen LogP contribution is 2.35. The van der Waals surface area contributed by atoms with E-state index in [-0.39, 0.29) is 18.9 Å². The number of amides is 1. The third-order valence-corrected chi connectivity index (χ3v) is 7.53. The van der Waals surface area contributed by atoms with Gasteiger partial charge in [-0.25, -0.2) is 0 Å². The number of carbonyl (C=O) groups is 1. The summed E-state index contributed by atoms with van der Waals surface area (Å²) >= 11 is 0. The zero-order chi connectivity index (χ0) is 28.2. The van der Waals surface area contributed by atoms with Gasteiger partial charge in [0.2, 0.25) is 5.91 Å². The summed E-state index contributed by atoms with van der Waals surface area (Å²) in [5.74, 6) is 2.64. The summed E-state index contributed by atoms with van der Waals surface area (Å²) in [5.41, 5.74) is 4.15. The van der Waals surface area contributed by atoms with Gasteiger partial charge in [0.15, 0.2) is 11.5 Å². The molecule has 4 aromatic rings. The summed E-state index contributed by atoms with van der Waals surface area (Å²) < 4.78 is 17.2. The number of aromatic nitrogens is 2. The van der Waals surface area contributed by atoms with E-state index in [1.54, 1.807) is 14.2 Å². The van der Waals surface area contributed by atoms with Crippen LogP contribution in [-0.4, -0.2) is 43.2 Å². The maximum atomic E-state index is 13.5. The molecule has 0 saturated heterocycles. The molecule has 0 radical (unpaired) electrons. The first-order valence-corrected chi connectivity index (χ1v) is 14.0. The molecule has 1 aliphatic carbocycles. The number of benzene rings is 2. The van der Waals surface area contributed by atoms with Gasteiger partial charge in [-0.05, 0) is 85.4 Å². The van der Waals surface area contributed by atoms with Crippen LogP contribution in [0.1, 0.15) is 63.1 Å². The minimum Gasteiger partial charge on any atom is -0.493 e. The number of carbonyl (C=O) groups excluding carboxylic acids is 1. The summed E-state index contributed by atoms with van der Waals surface area (Å²) in [5, 5.41) is 5.61.